The van der Waals surface area contributed by atoms with Gasteiger partial charge in [-0.05, 0) is 12.3 Å². The second-order valence-electron chi connectivity index (χ2n) is 2.14. The largest absolute Gasteiger partial charge is 0.111 e. The normalized spacial score (nSPS) is 13.9. The second-order valence-corrected chi connectivity index (χ2v) is 3.58. The van der Waals surface area contributed by atoms with Crippen LogP contribution in [-0.2, 0) is 0 Å². The zero-order valence-corrected chi connectivity index (χ0v) is 7.27. The van der Waals surface area contributed by atoms with Crippen LogP contribution in [0.1, 0.15) is 26.7 Å². The predicted octanol–water partition coefficient (Wildman–Crippen LogP) is 3.00. The third kappa shape index (κ3) is 4.85. The first kappa shape index (κ1) is 8.70. The molecule has 8 heavy (non-hydrogen) atoms. The molecule has 2 heteroatoms. The maximum Gasteiger partial charge on any atom is 0.00370 e. The van der Waals surface area contributed by atoms with E-state index in [0.717, 1.165) is 5.92 Å². The minimum atomic E-state index is 0.884. The number of hydrogen-bond donors (Lipinski definition) is 1. The van der Waals surface area contributed by atoms with Crippen molar-refractivity contribution in [2.24, 2.45) is 5.92 Å². The highest BCUT2D eigenvalue weighted by atomic mass is 33.1. The van der Waals surface area contributed by atoms with Crippen LogP contribution in [0.3, 0.4) is 0 Å². The number of thiol groups is 1. The van der Waals surface area contributed by atoms with Gasteiger partial charge in [0.2, 0.25) is 0 Å². The highest BCUT2D eigenvalue weighted by molar-refractivity contribution is 8.68. The SMILES string of the molecule is CCC(C)CCSS. The van der Waals surface area contributed by atoms with Gasteiger partial charge in [0.15, 0.2) is 0 Å². The summed E-state index contributed by atoms with van der Waals surface area (Å²) in [6.45, 7) is 4.51. The van der Waals surface area contributed by atoms with Gasteiger partial charge in [0.1, 0.15) is 0 Å². The van der Waals surface area contributed by atoms with Crippen molar-refractivity contribution in [2.45, 2.75) is 26.7 Å². The van der Waals surface area contributed by atoms with Crippen LogP contribution in [0.2, 0.25) is 0 Å². The Morgan fingerprint density at radius 3 is 2.62 bits per heavy atom. The summed E-state index contributed by atoms with van der Waals surface area (Å²) in [6.07, 6.45) is 2.61. The standard InChI is InChI=1S/C6H14S2/c1-3-6(2)4-5-8-7/h6-7H,3-5H2,1-2H3. The Bertz CT molecular complexity index is 45.8. The minimum absolute atomic E-state index is 0.884. The molecule has 1 unspecified atom stereocenters. The Kier molecular flexibility index (Phi) is 6.34. The first-order chi connectivity index (χ1) is 3.81. The van der Waals surface area contributed by atoms with Gasteiger partial charge < -0.3 is 0 Å². The third-order valence-corrected chi connectivity index (χ3v) is 2.36. The molecule has 0 nitrogen and oxygen atoms in total. The van der Waals surface area contributed by atoms with Gasteiger partial charge in [-0.2, -0.15) is 0 Å². The Balaban J connectivity index is 2.86. The van der Waals surface area contributed by atoms with Gasteiger partial charge in [-0.15, -0.1) is 11.7 Å². The van der Waals surface area contributed by atoms with Gasteiger partial charge in [-0.1, -0.05) is 31.1 Å². The highest BCUT2D eigenvalue weighted by Gasteiger charge is 1.95. The summed E-state index contributed by atoms with van der Waals surface area (Å²) in [5.74, 6) is 2.08. The first-order valence-corrected chi connectivity index (χ1v) is 5.11. The van der Waals surface area contributed by atoms with Crippen molar-refractivity contribution in [3.8, 4) is 0 Å². The highest BCUT2D eigenvalue weighted by Crippen LogP contribution is 2.13. The van der Waals surface area contributed by atoms with Crippen molar-refractivity contribution >= 4 is 22.5 Å². The van der Waals surface area contributed by atoms with E-state index in [1.807, 2.05) is 0 Å². The fourth-order valence-corrected chi connectivity index (χ4v) is 1.28. The molecule has 50 valence electrons. The van der Waals surface area contributed by atoms with Gasteiger partial charge in [-0.25, -0.2) is 0 Å². The van der Waals surface area contributed by atoms with Crippen LogP contribution in [0.5, 0.6) is 0 Å². The van der Waals surface area contributed by atoms with E-state index in [0.29, 0.717) is 0 Å². The van der Waals surface area contributed by atoms with Gasteiger partial charge >= 0.3 is 0 Å². The average molecular weight is 150 g/mol. The maximum atomic E-state index is 4.05. The molecule has 0 saturated carbocycles. The molecule has 0 aliphatic heterocycles. The lowest BCUT2D eigenvalue weighted by atomic mass is 10.1. The second kappa shape index (κ2) is 5.83. The molecule has 0 fully saturated rings. The molecule has 0 aromatic rings. The molecule has 0 heterocycles. The molecule has 0 radical (unpaired) electrons. The predicted molar refractivity (Wildman–Crippen MR) is 45.5 cm³/mol. The summed E-state index contributed by atoms with van der Waals surface area (Å²) in [4.78, 5) is 0. The Morgan fingerprint density at radius 1 is 1.62 bits per heavy atom. The third-order valence-electron chi connectivity index (χ3n) is 1.40. The van der Waals surface area contributed by atoms with Crippen molar-refractivity contribution < 1.29 is 0 Å². The van der Waals surface area contributed by atoms with Gasteiger partial charge in [0, 0.05) is 5.75 Å². The summed E-state index contributed by atoms with van der Waals surface area (Å²) in [5, 5.41) is 0. The molecule has 0 saturated heterocycles. The van der Waals surface area contributed by atoms with Gasteiger partial charge in [0.25, 0.3) is 0 Å². The van der Waals surface area contributed by atoms with Crippen LogP contribution in [0.4, 0.5) is 0 Å². The lowest BCUT2D eigenvalue weighted by Crippen LogP contribution is -1.91. The molecule has 0 aromatic heterocycles. The lowest BCUT2D eigenvalue weighted by molar-refractivity contribution is 0.549. The van der Waals surface area contributed by atoms with E-state index in [-0.39, 0.29) is 0 Å². The van der Waals surface area contributed by atoms with Gasteiger partial charge in [-0.3, -0.25) is 0 Å². The zero-order chi connectivity index (χ0) is 6.41. The van der Waals surface area contributed by atoms with Crippen molar-refractivity contribution in [2.75, 3.05) is 5.75 Å². The fourth-order valence-electron chi connectivity index (χ4n) is 0.458. The smallest absolute Gasteiger partial charge is 0.00370 e. The summed E-state index contributed by atoms with van der Waals surface area (Å²) >= 11 is 4.05. The number of rotatable bonds is 4. The van der Waals surface area contributed by atoms with Crippen molar-refractivity contribution in [3.05, 3.63) is 0 Å². The van der Waals surface area contributed by atoms with E-state index in [9.17, 15) is 0 Å². The maximum absolute atomic E-state index is 4.05. The lowest BCUT2D eigenvalue weighted by Gasteiger charge is -2.03. The summed E-state index contributed by atoms with van der Waals surface area (Å²) in [7, 11) is 1.64. The van der Waals surface area contributed by atoms with Crippen molar-refractivity contribution in [3.63, 3.8) is 0 Å². The minimum Gasteiger partial charge on any atom is -0.111 e. The van der Waals surface area contributed by atoms with Crippen molar-refractivity contribution in [1.82, 2.24) is 0 Å². The van der Waals surface area contributed by atoms with Crippen LogP contribution in [0, 0.1) is 5.92 Å². The Labute approximate surface area is 61.2 Å². The molecular formula is C6H14S2. The molecule has 0 aromatic carbocycles. The fraction of sp³-hybridized carbons (Fsp3) is 1.00. The molecule has 0 aliphatic carbocycles. The quantitative estimate of drug-likeness (QED) is 0.475. The van der Waals surface area contributed by atoms with Crippen LogP contribution < -0.4 is 0 Å². The zero-order valence-electron chi connectivity index (χ0n) is 5.55. The van der Waals surface area contributed by atoms with Crippen LogP contribution in [-0.4, -0.2) is 5.75 Å². The van der Waals surface area contributed by atoms with Crippen LogP contribution in [0.15, 0.2) is 0 Å². The molecule has 1 atom stereocenters. The molecule has 0 bridgehead atoms. The van der Waals surface area contributed by atoms with E-state index in [2.05, 4.69) is 25.5 Å². The van der Waals surface area contributed by atoms with Crippen LogP contribution in [0.25, 0.3) is 0 Å². The van der Waals surface area contributed by atoms with Gasteiger partial charge in [0.05, 0.1) is 0 Å². The number of hydrogen-bond acceptors (Lipinski definition) is 2. The topological polar surface area (TPSA) is 0 Å². The molecule has 0 rings (SSSR count). The van der Waals surface area contributed by atoms with Crippen molar-refractivity contribution in [1.29, 1.82) is 0 Å². The average Bonchev–Trinajstić information content (AvgIpc) is 1.83. The van der Waals surface area contributed by atoms with E-state index in [4.69, 9.17) is 0 Å². The van der Waals surface area contributed by atoms with E-state index >= 15 is 0 Å². The monoisotopic (exact) mass is 150 g/mol. The Morgan fingerprint density at radius 2 is 2.25 bits per heavy atom. The van der Waals surface area contributed by atoms with E-state index in [1.54, 1.807) is 10.8 Å². The summed E-state index contributed by atoms with van der Waals surface area (Å²) < 4.78 is 0. The summed E-state index contributed by atoms with van der Waals surface area (Å²) in [5.41, 5.74) is 0. The van der Waals surface area contributed by atoms with E-state index < -0.39 is 0 Å². The molecule has 0 spiro atoms. The Hall–Kier alpha value is 0.700. The molecule has 0 aliphatic rings. The summed E-state index contributed by atoms with van der Waals surface area (Å²) in [6, 6.07) is 0. The van der Waals surface area contributed by atoms with Crippen LogP contribution >= 0.6 is 22.5 Å². The molecule has 0 N–H and O–H groups in total. The molecular weight excluding hydrogens is 136 g/mol. The van der Waals surface area contributed by atoms with E-state index in [1.165, 1.54) is 18.6 Å². The first-order valence-electron chi connectivity index (χ1n) is 3.07. The molecule has 0 amide bonds.